The zero-order valence-electron chi connectivity index (χ0n) is 19.0. The predicted molar refractivity (Wildman–Crippen MR) is 121 cm³/mol. The van der Waals surface area contributed by atoms with E-state index in [0.29, 0.717) is 4.90 Å². The Morgan fingerprint density at radius 2 is 1.89 bits per heavy atom. The van der Waals surface area contributed by atoms with E-state index in [-0.39, 0.29) is 53.0 Å². The summed E-state index contributed by atoms with van der Waals surface area (Å²) >= 11 is 0. The molecule has 13 heteroatoms. The van der Waals surface area contributed by atoms with Gasteiger partial charge in [0.25, 0.3) is 0 Å². The number of hydrogen-bond acceptors (Lipinski definition) is 5. The van der Waals surface area contributed by atoms with Crippen molar-refractivity contribution in [2.75, 3.05) is 25.0 Å². The molecule has 196 valence electrons. The third-order valence-corrected chi connectivity index (χ3v) is 6.54. The molecule has 2 aromatic carbocycles. The van der Waals surface area contributed by atoms with Crippen molar-refractivity contribution >= 4 is 22.7 Å². The molecule has 1 amide bonds. The van der Waals surface area contributed by atoms with Gasteiger partial charge in [-0.1, -0.05) is 12.6 Å². The number of nitrogens with zero attached hydrogens (tertiary/aromatic N) is 2. The highest BCUT2D eigenvalue weighted by atomic mass is 19.4. The molecule has 2 aliphatic rings. The van der Waals surface area contributed by atoms with Crippen molar-refractivity contribution in [1.82, 2.24) is 14.8 Å². The number of alkyl halides is 4. The smallest absolute Gasteiger partial charge is 0.408 e. The topological polar surface area (TPSA) is 81.6 Å². The Morgan fingerprint density at radius 3 is 2.51 bits per heavy atom. The zero-order chi connectivity index (χ0) is 26.6. The van der Waals surface area contributed by atoms with Gasteiger partial charge in [0.05, 0.1) is 24.1 Å². The summed E-state index contributed by atoms with van der Waals surface area (Å²) in [6.07, 6.45) is -6.57. The van der Waals surface area contributed by atoms with Gasteiger partial charge in [-0.25, -0.2) is 18.0 Å². The largest absolute Gasteiger partial charge is 0.417 e. The van der Waals surface area contributed by atoms with Crippen molar-refractivity contribution < 1.29 is 35.6 Å². The van der Waals surface area contributed by atoms with Crippen LogP contribution in [0.1, 0.15) is 22.7 Å². The van der Waals surface area contributed by atoms with Gasteiger partial charge in [0, 0.05) is 36.3 Å². The quantitative estimate of drug-likeness (QED) is 0.298. The highest BCUT2D eigenvalue weighted by Crippen LogP contribution is 2.44. The second-order valence-electron chi connectivity index (χ2n) is 9.00. The minimum atomic E-state index is -4.86. The fourth-order valence-corrected chi connectivity index (χ4v) is 4.94. The molecule has 3 heterocycles. The molecule has 2 atom stereocenters. The number of nitrogens with one attached hydrogen (secondary N) is 2. The van der Waals surface area contributed by atoms with Crippen molar-refractivity contribution in [3.8, 4) is 0 Å². The molecule has 1 saturated heterocycles. The summed E-state index contributed by atoms with van der Waals surface area (Å²) < 4.78 is 91.3. The molecule has 0 spiro atoms. The second kappa shape index (κ2) is 8.98. The number of halogens is 6. The lowest BCUT2D eigenvalue weighted by Gasteiger charge is -2.41. The van der Waals surface area contributed by atoms with Gasteiger partial charge in [-0.05, 0) is 29.8 Å². The summed E-state index contributed by atoms with van der Waals surface area (Å²) in [4.78, 5) is 27.4. The number of amides is 1. The maximum absolute atomic E-state index is 15.4. The fourth-order valence-electron chi connectivity index (χ4n) is 4.94. The second-order valence-corrected chi connectivity index (χ2v) is 9.00. The van der Waals surface area contributed by atoms with E-state index < -0.39 is 54.4 Å². The number of likely N-dealkylation sites (tertiary alicyclic amines) is 1. The summed E-state index contributed by atoms with van der Waals surface area (Å²) in [5, 5.41) is 2.87. The fraction of sp³-hybridized carbons (Fsp3) is 0.333. The Hall–Kier alpha value is -3.74. The molecule has 0 radical (unpaired) electrons. The van der Waals surface area contributed by atoms with Crippen LogP contribution in [0.2, 0.25) is 0 Å². The van der Waals surface area contributed by atoms with Crippen molar-refractivity contribution in [2.24, 2.45) is 0 Å². The van der Waals surface area contributed by atoms with Crippen LogP contribution in [0.25, 0.3) is 11.1 Å². The monoisotopic (exact) mass is 526 g/mol. The van der Waals surface area contributed by atoms with Crippen LogP contribution < -0.4 is 11.1 Å². The van der Waals surface area contributed by atoms with E-state index in [9.17, 15) is 22.8 Å². The van der Waals surface area contributed by atoms with Crippen LogP contribution in [0.3, 0.4) is 0 Å². The molecule has 7 nitrogen and oxygen atoms in total. The first-order valence-corrected chi connectivity index (χ1v) is 11.2. The summed E-state index contributed by atoms with van der Waals surface area (Å²) in [6, 6.07) is 2.37. The molecule has 0 saturated carbocycles. The van der Waals surface area contributed by atoms with Crippen LogP contribution >= 0.6 is 0 Å². The van der Waals surface area contributed by atoms with Crippen molar-refractivity contribution in [3.05, 3.63) is 75.8 Å². The van der Waals surface area contributed by atoms with Gasteiger partial charge in [0.2, 0.25) is 5.91 Å². The number of rotatable bonds is 5. The van der Waals surface area contributed by atoms with Gasteiger partial charge in [-0.2, -0.15) is 13.2 Å². The SMILES string of the molecule is C=CC(=O)N1CC(Nc2cc(F)c([C@@H]3c4ccc5[nH]c(=O)oc5c4C[C@@H](F)N3CC(F)(F)F)c(F)c2)C1. The lowest BCUT2D eigenvalue weighted by Crippen LogP contribution is -2.56. The van der Waals surface area contributed by atoms with Crippen LogP contribution in [0, 0.1) is 11.6 Å². The lowest BCUT2D eigenvalue weighted by atomic mass is 9.86. The maximum Gasteiger partial charge on any atom is 0.417 e. The molecule has 1 aromatic heterocycles. The summed E-state index contributed by atoms with van der Waals surface area (Å²) in [6.45, 7) is 2.16. The first kappa shape index (κ1) is 24.9. The molecule has 2 aliphatic heterocycles. The van der Waals surface area contributed by atoms with E-state index in [1.807, 2.05) is 0 Å². The Kier molecular flexibility index (Phi) is 6.05. The number of carbonyl (C=O) groups is 1. The first-order valence-electron chi connectivity index (χ1n) is 11.2. The molecule has 5 rings (SSSR count). The van der Waals surface area contributed by atoms with Crippen molar-refractivity contribution in [1.29, 1.82) is 0 Å². The highest BCUT2D eigenvalue weighted by Gasteiger charge is 2.45. The van der Waals surface area contributed by atoms with E-state index in [1.54, 1.807) is 0 Å². The average Bonchev–Trinajstić information content (AvgIpc) is 3.17. The van der Waals surface area contributed by atoms with Gasteiger partial charge in [-0.3, -0.25) is 14.7 Å². The third kappa shape index (κ3) is 4.59. The number of benzene rings is 2. The molecule has 0 aliphatic carbocycles. The molecule has 1 fully saturated rings. The number of hydrogen-bond donors (Lipinski definition) is 2. The first-order chi connectivity index (χ1) is 17.4. The predicted octanol–water partition coefficient (Wildman–Crippen LogP) is 4.01. The summed E-state index contributed by atoms with van der Waals surface area (Å²) in [5.41, 5.74) is -0.614. The van der Waals surface area contributed by atoms with E-state index in [2.05, 4.69) is 16.9 Å². The third-order valence-electron chi connectivity index (χ3n) is 6.54. The zero-order valence-corrected chi connectivity index (χ0v) is 19.0. The Labute approximate surface area is 205 Å². The standard InChI is InChI=1S/C24H20F6N4O3/c1-2-19(35)33-8-12(9-33)31-11-5-15(25)20(16(26)6-11)21-13-3-4-17-22(37-23(36)32-17)14(13)7-18(27)34(21)10-24(28,29)30/h2-6,12,18,21,31H,1,7-10H2,(H,32,36)/t18-,21-/m0/s1. The summed E-state index contributed by atoms with van der Waals surface area (Å²) in [7, 11) is 0. The number of aromatic amines is 1. The van der Waals surface area contributed by atoms with Gasteiger partial charge in [0.1, 0.15) is 11.6 Å². The van der Waals surface area contributed by atoms with Crippen LogP contribution in [0.4, 0.5) is 32.0 Å². The van der Waals surface area contributed by atoms with Gasteiger partial charge >= 0.3 is 11.9 Å². The normalized spacial score (nSPS) is 20.5. The number of H-pyrrole nitrogens is 1. The van der Waals surface area contributed by atoms with Crippen molar-refractivity contribution in [3.63, 3.8) is 0 Å². The van der Waals surface area contributed by atoms with Crippen LogP contribution in [0.15, 0.2) is 46.1 Å². The maximum atomic E-state index is 15.4. The Bertz CT molecular complexity index is 1420. The van der Waals surface area contributed by atoms with Crippen LogP contribution in [-0.4, -0.2) is 58.8 Å². The molecular formula is C24H20F6N4O3. The lowest BCUT2D eigenvalue weighted by molar-refractivity contribution is -0.165. The molecule has 0 unspecified atom stereocenters. The van der Waals surface area contributed by atoms with Crippen molar-refractivity contribution in [2.45, 2.75) is 31.0 Å². The van der Waals surface area contributed by atoms with Crippen LogP contribution in [-0.2, 0) is 11.2 Å². The van der Waals surface area contributed by atoms with E-state index in [1.165, 1.54) is 17.0 Å². The number of carbonyl (C=O) groups excluding carboxylic acids is 1. The number of anilines is 1. The van der Waals surface area contributed by atoms with Gasteiger partial charge in [0.15, 0.2) is 11.9 Å². The van der Waals surface area contributed by atoms with Gasteiger partial charge in [-0.15, -0.1) is 0 Å². The molecule has 0 bridgehead atoms. The number of fused-ring (bicyclic) bond motifs is 3. The van der Waals surface area contributed by atoms with E-state index >= 15 is 13.2 Å². The van der Waals surface area contributed by atoms with E-state index in [4.69, 9.17) is 4.42 Å². The minimum Gasteiger partial charge on any atom is -0.408 e. The highest BCUT2D eigenvalue weighted by molar-refractivity contribution is 5.87. The van der Waals surface area contributed by atoms with Gasteiger partial charge < -0.3 is 14.6 Å². The number of aromatic nitrogens is 1. The number of oxazole rings is 1. The average molecular weight is 526 g/mol. The molecule has 37 heavy (non-hydrogen) atoms. The Morgan fingerprint density at radius 1 is 1.22 bits per heavy atom. The Balaban J connectivity index is 1.55. The molecular weight excluding hydrogens is 506 g/mol. The van der Waals surface area contributed by atoms with Crippen LogP contribution in [0.5, 0.6) is 0 Å². The summed E-state index contributed by atoms with van der Waals surface area (Å²) in [5.74, 6) is -3.52. The minimum absolute atomic E-state index is 0.00974. The molecule has 2 N–H and O–H groups in total. The molecule has 3 aromatic rings. The van der Waals surface area contributed by atoms with E-state index in [0.717, 1.165) is 18.2 Å².